The van der Waals surface area contributed by atoms with Crippen molar-refractivity contribution >= 4 is 27.3 Å². The average molecular weight is 430 g/mol. The number of para-hydroxylation sites is 1. The molecule has 0 saturated carbocycles. The molecule has 0 atom stereocenters. The first-order valence-electron chi connectivity index (χ1n) is 10.2. The molecule has 0 bridgehead atoms. The van der Waals surface area contributed by atoms with Crippen molar-refractivity contribution in [2.75, 3.05) is 54.9 Å². The zero-order chi connectivity index (χ0) is 21.1. The van der Waals surface area contributed by atoms with E-state index in [0.717, 1.165) is 24.3 Å². The van der Waals surface area contributed by atoms with Crippen molar-refractivity contribution < 1.29 is 17.9 Å². The van der Waals surface area contributed by atoms with E-state index in [1.165, 1.54) is 4.31 Å². The Kier molecular flexibility index (Phi) is 5.97. The van der Waals surface area contributed by atoms with Crippen molar-refractivity contribution in [2.45, 2.75) is 13.0 Å². The number of anilines is 2. The molecule has 0 aromatic heterocycles. The molecule has 2 fully saturated rings. The van der Waals surface area contributed by atoms with Gasteiger partial charge in [-0.15, -0.1) is 0 Å². The Hall–Kier alpha value is -2.58. The number of rotatable bonds is 5. The van der Waals surface area contributed by atoms with Crippen LogP contribution in [0.4, 0.5) is 11.4 Å². The highest BCUT2D eigenvalue weighted by molar-refractivity contribution is 7.93. The monoisotopic (exact) mass is 429 g/mol. The molecule has 2 aliphatic heterocycles. The number of morpholine rings is 1. The Morgan fingerprint density at radius 1 is 1.07 bits per heavy atom. The smallest absolute Gasteiger partial charge is 0.253 e. The van der Waals surface area contributed by atoms with Crippen LogP contribution in [0.1, 0.15) is 22.3 Å². The normalized spacial score (nSPS) is 18.4. The van der Waals surface area contributed by atoms with Gasteiger partial charge in [0.15, 0.2) is 0 Å². The zero-order valence-electron chi connectivity index (χ0n) is 17.2. The first-order valence-corrected chi connectivity index (χ1v) is 11.8. The number of nitrogens with zero attached hydrogens (tertiary/aromatic N) is 3. The number of benzene rings is 2. The molecule has 2 aliphatic rings. The molecule has 0 aliphatic carbocycles. The van der Waals surface area contributed by atoms with Gasteiger partial charge in [-0.05, 0) is 36.2 Å². The predicted molar refractivity (Wildman–Crippen MR) is 117 cm³/mol. The van der Waals surface area contributed by atoms with E-state index in [9.17, 15) is 13.2 Å². The second-order valence-electron chi connectivity index (χ2n) is 7.68. The minimum Gasteiger partial charge on any atom is -0.378 e. The Morgan fingerprint density at radius 3 is 2.57 bits per heavy atom. The molecular formula is C22H27N3O4S. The molecule has 0 radical (unpaired) electrons. The summed E-state index contributed by atoms with van der Waals surface area (Å²) in [6, 6.07) is 15.0. The molecule has 8 heteroatoms. The molecule has 1 amide bonds. The number of hydrogen-bond acceptors (Lipinski definition) is 5. The van der Waals surface area contributed by atoms with Crippen molar-refractivity contribution in [3.63, 3.8) is 0 Å². The number of sulfonamides is 1. The van der Waals surface area contributed by atoms with Gasteiger partial charge in [0.1, 0.15) is 0 Å². The van der Waals surface area contributed by atoms with E-state index in [1.807, 2.05) is 18.2 Å². The van der Waals surface area contributed by atoms with Gasteiger partial charge in [0.05, 0.1) is 24.7 Å². The highest BCUT2D eigenvalue weighted by Crippen LogP contribution is 2.26. The first-order chi connectivity index (χ1) is 14.5. The van der Waals surface area contributed by atoms with Crippen LogP contribution in [-0.2, 0) is 21.3 Å². The maximum Gasteiger partial charge on any atom is 0.253 e. The number of carbonyl (C=O) groups excluding carboxylic acids is 1. The van der Waals surface area contributed by atoms with Crippen LogP contribution >= 0.6 is 0 Å². The Bertz CT molecular complexity index is 1020. The van der Waals surface area contributed by atoms with Gasteiger partial charge in [0.2, 0.25) is 10.0 Å². The number of carbonyl (C=O) groups is 1. The van der Waals surface area contributed by atoms with E-state index in [0.29, 0.717) is 44.0 Å². The Labute approximate surface area is 177 Å². The molecule has 30 heavy (non-hydrogen) atoms. The highest BCUT2D eigenvalue weighted by Gasteiger charge is 2.29. The second kappa shape index (κ2) is 8.65. The minimum absolute atomic E-state index is 0.134. The van der Waals surface area contributed by atoms with Gasteiger partial charge in [0, 0.05) is 44.5 Å². The molecule has 2 heterocycles. The van der Waals surface area contributed by atoms with Gasteiger partial charge in [-0.1, -0.05) is 24.3 Å². The summed E-state index contributed by atoms with van der Waals surface area (Å²) in [5.74, 6) is 0.0221. The van der Waals surface area contributed by atoms with Crippen LogP contribution in [0.25, 0.3) is 0 Å². The molecular weight excluding hydrogens is 402 g/mol. The molecule has 160 valence electrons. The molecule has 0 spiro atoms. The lowest BCUT2D eigenvalue weighted by Crippen LogP contribution is -2.37. The lowest BCUT2D eigenvalue weighted by Gasteiger charge is -2.31. The molecule has 0 N–H and O–H groups in total. The van der Waals surface area contributed by atoms with Gasteiger partial charge in [-0.3, -0.25) is 9.10 Å². The van der Waals surface area contributed by atoms with Crippen molar-refractivity contribution in [3.05, 3.63) is 59.7 Å². The van der Waals surface area contributed by atoms with E-state index in [2.05, 4.69) is 11.0 Å². The molecule has 0 unspecified atom stereocenters. The van der Waals surface area contributed by atoms with E-state index in [-0.39, 0.29) is 11.7 Å². The third kappa shape index (κ3) is 4.29. The van der Waals surface area contributed by atoms with Crippen LogP contribution in [0.15, 0.2) is 48.5 Å². The summed E-state index contributed by atoms with van der Waals surface area (Å²) in [5, 5.41) is 0. The highest BCUT2D eigenvalue weighted by atomic mass is 32.2. The van der Waals surface area contributed by atoms with Gasteiger partial charge in [0.25, 0.3) is 5.91 Å². The summed E-state index contributed by atoms with van der Waals surface area (Å²) in [6.07, 6.45) is 0.610. The first kappa shape index (κ1) is 20.7. The van der Waals surface area contributed by atoms with Crippen molar-refractivity contribution in [1.82, 2.24) is 4.90 Å². The zero-order valence-corrected chi connectivity index (χ0v) is 18.0. The van der Waals surface area contributed by atoms with E-state index >= 15 is 0 Å². The summed E-state index contributed by atoms with van der Waals surface area (Å²) < 4.78 is 31.3. The van der Waals surface area contributed by atoms with Gasteiger partial charge < -0.3 is 14.5 Å². The van der Waals surface area contributed by atoms with Crippen molar-refractivity contribution in [3.8, 4) is 0 Å². The van der Waals surface area contributed by atoms with E-state index in [4.69, 9.17) is 4.74 Å². The Morgan fingerprint density at radius 2 is 1.83 bits per heavy atom. The number of ether oxygens (including phenoxy) is 1. The van der Waals surface area contributed by atoms with Crippen LogP contribution in [0.5, 0.6) is 0 Å². The van der Waals surface area contributed by atoms with Crippen LogP contribution in [0.3, 0.4) is 0 Å². The molecule has 4 rings (SSSR count). The number of amides is 1. The van der Waals surface area contributed by atoms with Gasteiger partial charge >= 0.3 is 0 Å². The van der Waals surface area contributed by atoms with Crippen LogP contribution in [0.2, 0.25) is 0 Å². The average Bonchev–Trinajstić information content (AvgIpc) is 3.13. The molecule has 2 saturated heterocycles. The topological polar surface area (TPSA) is 70.2 Å². The maximum atomic E-state index is 13.1. The largest absolute Gasteiger partial charge is 0.378 e. The van der Waals surface area contributed by atoms with E-state index < -0.39 is 10.0 Å². The van der Waals surface area contributed by atoms with Crippen molar-refractivity contribution in [2.24, 2.45) is 0 Å². The van der Waals surface area contributed by atoms with Crippen molar-refractivity contribution in [1.29, 1.82) is 0 Å². The summed E-state index contributed by atoms with van der Waals surface area (Å²) >= 11 is 0. The summed E-state index contributed by atoms with van der Waals surface area (Å²) in [4.78, 5) is 17.1. The Balaban J connectivity index is 1.52. The predicted octanol–water partition coefficient (Wildman–Crippen LogP) is 2.34. The van der Waals surface area contributed by atoms with Crippen LogP contribution in [0, 0.1) is 0 Å². The van der Waals surface area contributed by atoms with Gasteiger partial charge in [-0.2, -0.15) is 0 Å². The lowest BCUT2D eigenvalue weighted by molar-refractivity contribution is 0.0785. The minimum atomic E-state index is -3.28. The standard InChI is InChI=1S/C22H27N3O4S/c1-23(17-19-6-2-3-9-21(19)24-11-13-29-14-12-24)22(26)18-7-4-8-20(16-18)25-10-5-15-30(25,27)28/h2-4,6-9,16H,5,10-15,17H2,1H3. The molecule has 2 aromatic carbocycles. The fourth-order valence-electron chi connectivity index (χ4n) is 4.03. The lowest BCUT2D eigenvalue weighted by atomic mass is 10.1. The molecule has 7 nitrogen and oxygen atoms in total. The second-order valence-corrected chi connectivity index (χ2v) is 9.69. The third-order valence-corrected chi connectivity index (χ3v) is 7.45. The van der Waals surface area contributed by atoms with Gasteiger partial charge in [-0.25, -0.2) is 8.42 Å². The third-order valence-electron chi connectivity index (χ3n) is 5.58. The fourth-order valence-corrected chi connectivity index (χ4v) is 5.58. The summed E-state index contributed by atoms with van der Waals surface area (Å²) in [6.45, 7) is 4.01. The van der Waals surface area contributed by atoms with E-state index in [1.54, 1.807) is 36.2 Å². The summed E-state index contributed by atoms with van der Waals surface area (Å²) in [7, 11) is -1.50. The SMILES string of the molecule is CN(Cc1ccccc1N1CCOCC1)C(=O)c1cccc(N2CCCS2(=O)=O)c1. The quantitative estimate of drug-likeness (QED) is 0.730. The van der Waals surface area contributed by atoms with Crippen LogP contribution in [-0.4, -0.2) is 64.9 Å². The molecule has 2 aromatic rings. The number of hydrogen-bond donors (Lipinski definition) is 0. The van der Waals surface area contributed by atoms with Crippen LogP contribution < -0.4 is 9.21 Å². The maximum absolute atomic E-state index is 13.1. The fraction of sp³-hybridized carbons (Fsp3) is 0.409. The summed E-state index contributed by atoms with van der Waals surface area (Å²) in [5.41, 5.74) is 3.24.